The Hall–Kier alpha value is -4.45. The summed E-state index contributed by atoms with van der Waals surface area (Å²) >= 11 is 0. The highest BCUT2D eigenvalue weighted by Gasteiger charge is 2.20. The Balaban J connectivity index is 1.75. The van der Waals surface area contributed by atoms with Gasteiger partial charge in [0.2, 0.25) is 0 Å². The van der Waals surface area contributed by atoms with Crippen LogP contribution >= 0.6 is 0 Å². The number of carbonyl (C=O) groups is 1. The molecule has 6 heteroatoms. The highest BCUT2D eigenvalue weighted by Crippen LogP contribution is 2.37. The van der Waals surface area contributed by atoms with Crippen LogP contribution in [-0.2, 0) is 25.7 Å². The van der Waals surface area contributed by atoms with E-state index in [0.717, 1.165) is 0 Å². The van der Waals surface area contributed by atoms with Crippen LogP contribution in [0.2, 0.25) is 0 Å². The van der Waals surface area contributed by atoms with E-state index in [9.17, 15) is 30.3 Å². The van der Waals surface area contributed by atoms with E-state index in [2.05, 4.69) is 0 Å². The molecule has 0 fully saturated rings. The van der Waals surface area contributed by atoms with Gasteiger partial charge in [0.15, 0.2) is 0 Å². The number of hydrogen-bond acceptors (Lipinski definition) is 5. The molecule has 0 aromatic heterocycles. The number of benzene rings is 4. The Morgan fingerprint density at radius 1 is 0.486 bits per heavy atom. The number of phenols is 4. The molecular weight excluding hydrogens is 444 g/mol. The number of carboxylic acids is 1. The molecule has 0 radical (unpaired) electrons. The minimum Gasteiger partial charge on any atom is -0.507 e. The average Bonchev–Trinajstić information content (AvgIpc) is 2.83. The smallest absolute Gasteiger partial charge is 0.335 e. The quantitative estimate of drug-likeness (QED) is 0.239. The second-order valence-electron chi connectivity index (χ2n) is 8.93. The molecule has 4 aromatic rings. The van der Waals surface area contributed by atoms with E-state index >= 15 is 0 Å². The van der Waals surface area contributed by atoms with Crippen molar-refractivity contribution in [1.29, 1.82) is 0 Å². The molecule has 0 unspecified atom stereocenters. The number of aromatic carboxylic acids is 1. The molecule has 5 N–H and O–H groups in total. The molecule has 0 aliphatic heterocycles. The summed E-state index contributed by atoms with van der Waals surface area (Å²) in [5.74, 6) is -1.02. The van der Waals surface area contributed by atoms with Gasteiger partial charge < -0.3 is 25.5 Å². The van der Waals surface area contributed by atoms with E-state index in [-0.39, 0.29) is 54.2 Å². The zero-order chi connectivity index (χ0) is 24.7. The van der Waals surface area contributed by atoms with Crippen molar-refractivity contribution < 1.29 is 30.3 Å². The molecule has 0 amide bonds. The standard InChI is InChI=1S/C29H24O6/c30-25-16-4-1-5-17(25)11-19-7-3-9-21(27(19)32)13-23-15-24(29(34)35)14-22(28(23)33)12-20-8-2-6-18(10-16)26(20)31/h1-9,14-15,30-33H,10-13H2,(H,34,35). The first kappa shape index (κ1) is 22.3. The van der Waals surface area contributed by atoms with Crippen LogP contribution in [0.15, 0.2) is 66.7 Å². The largest absolute Gasteiger partial charge is 0.507 e. The van der Waals surface area contributed by atoms with Crippen molar-refractivity contribution in [1.82, 2.24) is 0 Å². The lowest BCUT2D eigenvalue weighted by atomic mass is 9.90. The van der Waals surface area contributed by atoms with E-state index in [1.54, 1.807) is 48.5 Å². The topological polar surface area (TPSA) is 118 Å². The van der Waals surface area contributed by atoms with Crippen molar-refractivity contribution in [2.75, 3.05) is 0 Å². The fraction of sp³-hybridized carbons (Fsp3) is 0.138. The molecule has 35 heavy (non-hydrogen) atoms. The number of phenolic OH excluding ortho intramolecular Hbond substituents is 4. The second-order valence-corrected chi connectivity index (χ2v) is 8.93. The lowest BCUT2D eigenvalue weighted by molar-refractivity contribution is 0.0696. The average molecular weight is 469 g/mol. The lowest BCUT2D eigenvalue weighted by Gasteiger charge is -2.17. The van der Waals surface area contributed by atoms with Crippen molar-refractivity contribution >= 4 is 5.97 Å². The molecule has 0 atom stereocenters. The first-order chi connectivity index (χ1) is 16.8. The second kappa shape index (κ2) is 8.72. The van der Waals surface area contributed by atoms with E-state index in [1.807, 2.05) is 6.07 Å². The van der Waals surface area contributed by atoms with Crippen LogP contribution in [0.3, 0.4) is 0 Å². The van der Waals surface area contributed by atoms with Gasteiger partial charge in [0, 0.05) is 25.7 Å². The molecule has 0 saturated heterocycles. The maximum Gasteiger partial charge on any atom is 0.335 e. The minimum atomic E-state index is -1.13. The third kappa shape index (κ3) is 4.15. The molecule has 0 spiro atoms. The summed E-state index contributed by atoms with van der Waals surface area (Å²) in [6.45, 7) is 0. The molecule has 1 aliphatic carbocycles. The van der Waals surface area contributed by atoms with Gasteiger partial charge in [-0.15, -0.1) is 0 Å². The van der Waals surface area contributed by atoms with Gasteiger partial charge in [-0.05, 0) is 56.6 Å². The number of para-hydroxylation sites is 3. The molecule has 6 nitrogen and oxygen atoms in total. The van der Waals surface area contributed by atoms with E-state index in [0.29, 0.717) is 44.5 Å². The number of hydrogen-bond donors (Lipinski definition) is 5. The summed E-state index contributed by atoms with van der Waals surface area (Å²) in [5.41, 5.74) is 4.26. The summed E-state index contributed by atoms with van der Waals surface area (Å²) in [7, 11) is 0. The third-order valence-electron chi connectivity index (χ3n) is 6.65. The number of rotatable bonds is 1. The van der Waals surface area contributed by atoms with Crippen molar-refractivity contribution in [2.24, 2.45) is 0 Å². The maximum atomic E-state index is 11.8. The van der Waals surface area contributed by atoms with Crippen LogP contribution < -0.4 is 0 Å². The normalized spacial score (nSPS) is 12.8. The first-order valence-corrected chi connectivity index (χ1v) is 11.3. The predicted octanol–water partition coefficient (Wildman–Crippen LogP) is 4.88. The van der Waals surface area contributed by atoms with Crippen LogP contribution in [-0.4, -0.2) is 31.5 Å². The molecule has 5 rings (SSSR count). The Morgan fingerprint density at radius 3 is 1.03 bits per heavy atom. The maximum absolute atomic E-state index is 11.8. The molecule has 1 aliphatic rings. The van der Waals surface area contributed by atoms with Gasteiger partial charge in [0.05, 0.1) is 5.56 Å². The summed E-state index contributed by atoms with van der Waals surface area (Å²) in [5, 5.41) is 53.7. The first-order valence-electron chi connectivity index (χ1n) is 11.3. The monoisotopic (exact) mass is 468 g/mol. The van der Waals surface area contributed by atoms with E-state index in [1.165, 1.54) is 12.1 Å². The van der Waals surface area contributed by atoms with Gasteiger partial charge in [-0.2, -0.15) is 0 Å². The van der Waals surface area contributed by atoms with Gasteiger partial charge in [0.25, 0.3) is 0 Å². The zero-order valence-corrected chi connectivity index (χ0v) is 18.8. The van der Waals surface area contributed by atoms with Crippen LogP contribution in [0.1, 0.15) is 54.9 Å². The fourth-order valence-corrected chi connectivity index (χ4v) is 4.76. The van der Waals surface area contributed by atoms with Gasteiger partial charge >= 0.3 is 5.97 Å². The van der Waals surface area contributed by atoms with Crippen molar-refractivity contribution in [3.8, 4) is 23.0 Å². The fourth-order valence-electron chi connectivity index (χ4n) is 4.76. The Labute approximate surface area is 202 Å². The summed E-state index contributed by atoms with van der Waals surface area (Å²) in [6, 6.07) is 18.8. The van der Waals surface area contributed by atoms with Crippen LogP contribution in [0.5, 0.6) is 23.0 Å². The Morgan fingerprint density at radius 2 is 0.743 bits per heavy atom. The molecule has 0 saturated carbocycles. The van der Waals surface area contributed by atoms with Gasteiger partial charge in [-0.25, -0.2) is 4.79 Å². The molecular formula is C29H24O6. The molecule has 4 aromatic carbocycles. The number of fused-ring (bicyclic) bond motifs is 8. The lowest BCUT2D eigenvalue weighted by Crippen LogP contribution is -2.04. The predicted molar refractivity (Wildman–Crippen MR) is 131 cm³/mol. The van der Waals surface area contributed by atoms with E-state index in [4.69, 9.17) is 0 Å². The van der Waals surface area contributed by atoms with Crippen molar-refractivity contribution in [3.05, 3.63) is 117 Å². The zero-order valence-electron chi connectivity index (χ0n) is 18.8. The van der Waals surface area contributed by atoms with Crippen molar-refractivity contribution in [3.63, 3.8) is 0 Å². The highest BCUT2D eigenvalue weighted by molar-refractivity contribution is 5.88. The number of carboxylic acid groups (broad SMARTS) is 1. The molecule has 0 heterocycles. The minimum absolute atomic E-state index is 0.0140. The Bertz CT molecular complexity index is 1370. The van der Waals surface area contributed by atoms with Gasteiger partial charge in [-0.3, -0.25) is 0 Å². The van der Waals surface area contributed by atoms with Crippen LogP contribution in [0.4, 0.5) is 0 Å². The van der Waals surface area contributed by atoms with Crippen molar-refractivity contribution in [2.45, 2.75) is 25.7 Å². The molecule has 176 valence electrons. The summed E-state index contributed by atoms with van der Waals surface area (Å²) in [6.07, 6.45) is 0.769. The SMILES string of the molecule is O=C(O)c1cc2c(O)c(c1)Cc1cccc(c1O)Cc1cccc(c1O)Cc1cccc(c1O)C2. The number of aromatic hydroxyl groups is 4. The van der Waals surface area contributed by atoms with Gasteiger partial charge in [0.1, 0.15) is 23.0 Å². The van der Waals surface area contributed by atoms with Gasteiger partial charge in [-0.1, -0.05) is 54.6 Å². The molecule has 8 bridgehead atoms. The highest BCUT2D eigenvalue weighted by atomic mass is 16.4. The Kier molecular flexibility index (Phi) is 5.57. The van der Waals surface area contributed by atoms with Crippen LogP contribution in [0.25, 0.3) is 0 Å². The third-order valence-corrected chi connectivity index (χ3v) is 6.65. The van der Waals surface area contributed by atoms with E-state index < -0.39 is 5.97 Å². The van der Waals surface area contributed by atoms with Crippen LogP contribution in [0, 0.1) is 0 Å². The summed E-state index contributed by atoms with van der Waals surface area (Å²) < 4.78 is 0. The summed E-state index contributed by atoms with van der Waals surface area (Å²) in [4.78, 5) is 11.8.